The van der Waals surface area contributed by atoms with Crippen molar-refractivity contribution >= 4 is 16.9 Å². The molecule has 0 radical (unpaired) electrons. The van der Waals surface area contributed by atoms with Crippen LogP contribution in [-0.2, 0) is 13.6 Å². The van der Waals surface area contributed by atoms with Crippen LogP contribution in [0.1, 0.15) is 23.7 Å². The Kier molecular flexibility index (Phi) is 4.92. The molecule has 3 heterocycles. The second-order valence-corrected chi connectivity index (χ2v) is 8.12. The maximum absolute atomic E-state index is 13.6. The van der Waals surface area contributed by atoms with Gasteiger partial charge in [0.1, 0.15) is 5.75 Å². The number of benzene rings is 2. The maximum Gasteiger partial charge on any atom is 0.332 e. The van der Waals surface area contributed by atoms with Gasteiger partial charge in [-0.2, -0.15) is 4.98 Å². The minimum absolute atomic E-state index is 0.203. The largest absolute Gasteiger partial charge is 0.492 e. The van der Waals surface area contributed by atoms with Crippen LogP contribution in [0.3, 0.4) is 0 Å². The Labute approximate surface area is 189 Å². The number of para-hydroxylation sites is 2. The fraction of sp³-hybridized carbons (Fsp3) is 0.240. The first kappa shape index (κ1) is 20.8. The minimum Gasteiger partial charge on any atom is -0.492 e. The van der Waals surface area contributed by atoms with E-state index in [0.29, 0.717) is 23.5 Å². The van der Waals surface area contributed by atoms with Crippen molar-refractivity contribution in [3.8, 4) is 11.4 Å². The van der Waals surface area contributed by atoms with E-state index in [9.17, 15) is 9.59 Å². The molecule has 33 heavy (non-hydrogen) atoms. The summed E-state index contributed by atoms with van der Waals surface area (Å²) >= 11 is 0. The van der Waals surface area contributed by atoms with Gasteiger partial charge >= 0.3 is 5.69 Å². The summed E-state index contributed by atoms with van der Waals surface area (Å²) in [4.78, 5) is 31.4. The van der Waals surface area contributed by atoms with E-state index in [4.69, 9.17) is 9.72 Å². The molecule has 0 atom stereocenters. The van der Waals surface area contributed by atoms with Crippen LogP contribution in [0.2, 0.25) is 0 Å². The number of ether oxygens (including phenoxy) is 1. The van der Waals surface area contributed by atoms with Gasteiger partial charge in [0.15, 0.2) is 11.2 Å². The van der Waals surface area contributed by atoms with Crippen LogP contribution < -0.4 is 16.0 Å². The number of rotatable bonds is 5. The van der Waals surface area contributed by atoms with Crippen molar-refractivity contribution in [1.82, 2.24) is 23.1 Å². The van der Waals surface area contributed by atoms with E-state index in [2.05, 4.69) is 0 Å². The quantitative estimate of drug-likeness (QED) is 0.418. The first-order chi connectivity index (χ1) is 15.9. The highest BCUT2D eigenvalue weighted by Gasteiger charge is 2.22. The van der Waals surface area contributed by atoms with Gasteiger partial charge in [-0.05, 0) is 44.0 Å². The molecule has 0 saturated carbocycles. The molecule has 2 aromatic carbocycles. The average molecular weight is 444 g/mol. The van der Waals surface area contributed by atoms with E-state index >= 15 is 0 Å². The number of imidazole rings is 2. The molecule has 5 rings (SSSR count). The number of hydrogen-bond acceptors (Lipinski definition) is 4. The molecule has 0 aliphatic heterocycles. The summed E-state index contributed by atoms with van der Waals surface area (Å²) in [6.07, 6.45) is 1.87. The second-order valence-electron chi connectivity index (χ2n) is 8.12. The molecule has 0 spiro atoms. The lowest BCUT2D eigenvalue weighted by Crippen LogP contribution is -2.39. The smallest absolute Gasteiger partial charge is 0.332 e. The Morgan fingerprint density at radius 2 is 1.73 bits per heavy atom. The summed E-state index contributed by atoms with van der Waals surface area (Å²) in [6.45, 7) is 6.60. The van der Waals surface area contributed by atoms with Gasteiger partial charge in [0.2, 0.25) is 5.78 Å². The summed E-state index contributed by atoms with van der Waals surface area (Å²) < 4.78 is 12.3. The predicted octanol–water partition coefficient (Wildman–Crippen LogP) is 3.20. The number of nitrogens with zero attached hydrogens (tertiary/aromatic N) is 5. The van der Waals surface area contributed by atoms with E-state index in [-0.39, 0.29) is 12.1 Å². The molecule has 8 heteroatoms. The zero-order valence-corrected chi connectivity index (χ0v) is 19.1. The molecular formula is C25H25N5O3. The number of fused-ring (bicyclic) bond motifs is 3. The number of hydrogen-bond donors (Lipinski definition) is 0. The van der Waals surface area contributed by atoms with Crippen molar-refractivity contribution in [3.05, 3.63) is 92.4 Å². The lowest BCUT2D eigenvalue weighted by Gasteiger charge is -2.12. The van der Waals surface area contributed by atoms with E-state index in [1.165, 1.54) is 9.13 Å². The molecule has 0 N–H and O–H groups in total. The van der Waals surface area contributed by atoms with Crippen molar-refractivity contribution in [2.24, 2.45) is 7.05 Å². The predicted molar refractivity (Wildman–Crippen MR) is 128 cm³/mol. The molecule has 3 aromatic heterocycles. The lowest BCUT2D eigenvalue weighted by molar-refractivity contribution is 0.339. The van der Waals surface area contributed by atoms with Crippen LogP contribution in [0.4, 0.5) is 0 Å². The van der Waals surface area contributed by atoms with Gasteiger partial charge in [0.25, 0.3) is 5.56 Å². The third kappa shape index (κ3) is 3.17. The Morgan fingerprint density at radius 3 is 2.48 bits per heavy atom. The Balaban J connectivity index is 1.80. The first-order valence-electron chi connectivity index (χ1n) is 10.9. The normalized spacial score (nSPS) is 11.5. The van der Waals surface area contributed by atoms with Crippen LogP contribution in [0.15, 0.2) is 64.3 Å². The first-order valence-corrected chi connectivity index (χ1v) is 10.9. The van der Waals surface area contributed by atoms with Crippen LogP contribution in [0, 0.1) is 13.8 Å². The van der Waals surface area contributed by atoms with Crippen molar-refractivity contribution in [3.63, 3.8) is 0 Å². The topological polar surface area (TPSA) is 75.5 Å². The fourth-order valence-electron chi connectivity index (χ4n) is 4.32. The molecule has 0 unspecified atom stereocenters. The molecule has 0 fully saturated rings. The molecule has 168 valence electrons. The van der Waals surface area contributed by atoms with Crippen LogP contribution in [0.25, 0.3) is 22.6 Å². The van der Waals surface area contributed by atoms with Crippen molar-refractivity contribution in [1.29, 1.82) is 0 Å². The third-order valence-corrected chi connectivity index (χ3v) is 6.02. The van der Waals surface area contributed by atoms with Crippen LogP contribution in [0.5, 0.6) is 5.75 Å². The van der Waals surface area contributed by atoms with E-state index < -0.39 is 5.69 Å². The van der Waals surface area contributed by atoms with Gasteiger partial charge < -0.3 is 4.74 Å². The summed E-state index contributed by atoms with van der Waals surface area (Å²) in [5, 5.41) is 0. The maximum atomic E-state index is 13.6. The summed E-state index contributed by atoms with van der Waals surface area (Å²) in [5.41, 5.74) is 3.64. The summed E-state index contributed by atoms with van der Waals surface area (Å²) in [7, 11) is 1.65. The highest BCUT2D eigenvalue weighted by molar-refractivity contribution is 5.76. The van der Waals surface area contributed by atoms with E-state index in [1.54, 1.807) is 11.4 Å². The Morgan fingerprint density at radius 1 is 1.00 bits per heavy atom. The van der Waals surface area contributed by atoms with Crippen molar-refractivity contribution in [2.75, 3.05) is 6.61 Å². The van der Waals surface area contributed by atoms with Gasteiger partial charge in [-0.15, -0.1) is 0 Å². The molecule has 0 aliphatic rings. The average Bonchev–Trinajstić information content (AvgIpc) is 3.32. The number of aryl methyl sites for hydroxylation is 3. The van der Waals surface area contributed by atoms with Crippen molar-refractivity contribution < 1.29 is 4.74 Å². The molecule has 0 bridgehead atoms. The standard InChI is InChI=1S/C25H25N5O3/c1-5-33-20-13-9-8-12-19(20)30-17(3)14-28-21-22(26-24(28)30)27(4)25(32)29(23(21)31)15-18-11-7-6-10-16(18)2/h6-14H,5,15H2,1-4H3. The Bertz CT molecular complexity index is 1630. The van der Waals surface area contributed by atoms with Gasteiger partial charge in [-0.25, -0.2) is 4.79 Å². The lowest BCUT2D eigenvalue weighted by atomic mass is 10.1. The molecule has 0 aliphatic carbocycles. The SMILES string of the molecule is CCOc1ccccc1-n1c(C)cn2c3c(=O)n(Cc4ccccc4C)c(=O)n(C)c3nc12. The Hall–Kier alpha value is -4.07. The molecule has 0 saturated heterocycles. The summed E-state index contributed by atoms with van der Waals surface area (Å²) in [5.74, 6) is 1.27. The highest BCUT2D eigenvalue weighted by atomic mass is 16.5. The zero-order chi connectivity index (χ0) is 23.3. The van der Waals surface area contributed by atoms with E-state index in [0.717, 1.165) is 28.3 Å². The van der Waals surface area contributed by atoms with Gasteiger partial charge in [0.05, 0.1) is 18.8 Å². The monoisotopic (exact) mass is 443 g/mol. The molecular weight excluding hydrogens is 418 g/mol. The zero-order valence-electron chi connectivity index (χ0n) is 19.1. The highest BCUT2D eigenvalue weighted by Crippen LogP contribution is 2.28. The van der Waals surface area contributed by atoms with E-state index in [1.807, 2.05) is 80.1 Å². The molecule has 5 aromatic rings. The minimum atomic E-state index is -0.394. The van der Waals surface area contributed by atoms with Crippen molar-refractivity contribution in [2.45, 2.75) is 27.3 Å². The van der Waals surface area contributed by atoms with Gasteiger partial charge in [0, 0.05) is 18.9 Å². The molecule has 8 nitrogen and oxygen atoms in total. The fourth-order valence-corrected chi connectivity index (χ4v) is 4.32. The van der Waals surface area contributed by atoms with Gasteiger partial charge in [-0.3, -0.25) is 22.9 Å². The van der Waals surface area contributed by atoms with Gasteiger partial charge in [-0.1, -0.05) is 36.4 Å². The second kappa shape index (κ2) is 7.81. The van der Waals surface area contributed by atoms with Crippen LogP contribution >= 0.6 is 0 Å². The number of aromatic nitrogens is 5. The third-order valence-electron chi connectivity index (χ3n) is 6.02. The van der Waals surface area contributed by atoms with Crippen LogP contribution in [-0.4, -0.2) is 29.7 Å². The summed E-state index contributed by atoms with van der Waals surface area (Å²) in [6, 6.07) is 15.5. The molecule has 0 amide bonds.